The van der Waals surface area contributed by atoms with Crippen molar-refractivity contribution in [1.29, 1.82) is 0 Å². The molecule has 1 aromatic heterocycles. The standard InChI is InChI=1S/C18H22ClN5O4/c1-11(17(25)20-7-3-4-13-10-22-23-12(13)2)9-21-18(26)15-6-5-14(19)8-16(15)24(27)28/h5-6,8,10-11H,3-4,7,9H2,1-2H3,(H,20,25)(H,21,26)(H,22,23)/t11-/m1/s1. The van der Waals surface area contributed by atoms with Crippen LogP contribution in [0.2, 0.25) is 5.02 Å². The highest BCUT2D eigenvalue weighted by atomic mass is 35.5. The molecule has 0 aliphatic heterocycles. The van der Waals surface area contributed by atoms with Crippen molar-refractivity contribution in [2.45, 2.75) is 26.7 Å². The van der Waals surface area contributed by atoms with Gasteiger partial charge in [0.25, 0.3) is 11.6 Å². The molecule has 0 saturated carbocycles. The molecule has 2 amide bonds. The van der Waals surface area contributed by atoms with E-state index in [0.717, 1.165) is 30.2 Å². The predicted octanol–water partition coefficient (Wildman–Crippen LogP) is 2.39. The normalized spacial score (nSPS) is 11.7. The lowest BCUT2D eigenvalue weighted by molar-refractivity contribution is -0.385. The Kier molecular flexibility index (Phi) is 7.51. The van der Waals surface area contributed by atoms with E-state index in [2.05, 4.69) is 20.8 Å². The number of aryl methyl sites for hydroxylation is 2. The summed E-state index contributed by atoms with van der Waals surface area (Å²) < 4.78 is 0. The van der Waals surface area contributed by atoms with Gasteiger partial charge in [0.05, 0.1) is 17.0 Å². The summed E-state index contributed by atoms with van der Waals surface area (Å²) in [4.78, 5) is 34.8. The maximum absolute atomic E-state index is 12.2. The molecule has 0 aliphatic rings. The van der Waals surface area contributed by atoms with Crippen LogP contribution in [-0.4, -0.2) is 40.0 Å². The van der Waals surface area contributed by atoms with Gasteiger partial charge < -0.3 is 10.6 Å². The van der Waals surface area contributed by atoms with Gasteiger partial charge in [0.2, 0.25) is 5.91 Å². The fourth-order valence-corrected chi connectivity index (χ4v) is 2.74. The van der Waals surface area contributed by atoms with Gasteiger partial charge in [0.15, 0.2) is 0 Å². The molecule has 0 radical (unpaired) electrons. The predicted molar refractivity (Wildman–Crippen MR) is 104 cm³/mol. The van der Waals surface area contributed by atoms with Crippen LogP contribution in [0.1, 0.15) is 35.0 Å². The number of H-pyrrole nitrogens is 1. The first-order chi connectivity index (χ1) is 13.3. The number of halogens is 1. The fourth-order valence-electron chi connectivity index (χ4n) is 2.57. The number of carbonyl (C=O) groups excluding carboxylic acids is 2. The zero-order chi connectivity index (χ0) is 20.7. The molecular formula is C18H22ClN5O4. The largest absolute Gasteiger partial charge is 0.356 e. The number of nitro benzene ring substituents is 1. The first-order valence-electron chi connectivity index (χ1n) is 8.78. The Balaban J connectivity index is 1.78. The third kappa shape index (κ3) is 5.78. The first kappa shape index (κ1) is 21.4. The molecule has 150 valence electrons. The summed E-state index contributed by atoms with van der Waals surface area (Å²) in [6, 6.07) is 3.81. The van der Waals surface area contributed by atoms with Gasteiger partial charge in [-0.2, -0.15) is 5.10 Å². The Morgan fingerprint density at radius 3 is 2.75 bits per heavy atom. The Bertz CT molecular complexity index is 867. The highest BCUT2D eigenvalue weighted by molar-refractivity contribution is 6.31. The van der Waals surface area contributed by atoms with Crippen LogP contribution >= 0.6 is 11.6 Å². The zero-order valence-electron chi connectivity index (χ0n) is 15.6. The van der Waals surface area contributed by atoms with Gasteiger partial charge >= 0.3 is 0 Å². The van der Waals surface area contributed by atoms with Crippen LogP contribution in [0.25, 0.3) is 0 Å². The minimum atomic E-state index is -0.668. The van der Waals surface area contributed by atoms with Crippen molar-refractivity contribution in [3.05, 3.63) is 56.4 Å². The van der Waals surface area contributed by atoms with E-state index >= 15 is 0 Å². The maximum atomic E-state index is 12.2. The number of amides is 2. The Morgan fingerprint density at radius 1 is 1.36 bits per heavy atom. The molecule has 0 spiro atoms. The Labute approximate surface area is 167 Å². The molecule has 1 atom stereocenters. The van der Waals surface area contributed by atoms with Gasteiger partial charge in [-0.15, -0.1) is 0 Å². The average Bonchev–Trinajstić information content (AvgIpc) is 3.07. The molecule has 0 unspecified atom stereocenters. The summed E-state index contributed by atoms with van der Waals surface area (Å²) in [5, 5.41) is 23.4. The fraction of sp³-hybridized carbons (Fsp3) is 0.389. The van der Waals surface area contributed by atoms with Crippen LogP contribution in [0.15, 0.2) is 24.4 Å². The third-order valence-corrected chi connectivity index (χ3v) is 4.51. The molecular weight excluding hydrogens is 386 g/mol. The number of benzene rings is 1. The lowest BCUT2D eigenvalue weighted by Crippen LogP contribution is -2.38. The summed E-state index contributed by atoms with van der Waals surface area (Å²) >= 11 is 5.74. The number of nitro groups is 1. The van der Waals surface area contributed by atoms with E-state index in [1.807, 2.05) is 6.92 Å². The number of aromatic amines is 1. The smallest absolute Gasteiger partial charge is 0.283 e. The molecule has 0 fully saturated rings. The minimum absolute atomic E-state index is 0.0608. The molecule has 28 heavy (non-hydrogen) atoms. The number of hydrogen-bond donors (Lipinski definition) is 3. The highest BCUT2D eigenvalue weighted by Gasteiger charge is 2.21. The lowest BCUT2D eigenvalue weighted by atomic mass is 10.1. The molecule has 3 N–H and O–H groups in total. The molecule has 2 rings (SSSR count). The Morgan fingerprint density at radius 2 is 2.11 bits per heavy atom. The summed E-state index contributed by atoms with van der Waals surface area (Å²) in [5.41, 5.74) is 1.65. The number of hydrogen-bond acceptors (Lipinski definition) is 5. The van der Waals surface area contributed by atoms with Crippen LogP contribution in [-0.2, 0) is 11.2 Å². The van der Waals surface area contributed by atoms with E-state index in [1.165, 1.54) is 12.1 Å². The minimum Gasteiger partial charge on any atom is -0.356 e. The third-order valence-electron chi connectivity index (χ3n) is 4.27. The number of aromatic nitrogens is 2. The molecule has 0 aliphatic carbocycles. The van der Waals surface area contributed by atoms with E-state index in [0.29, 0.717) is 6.54 Å². The SMILES string of the molecule is Cc1[nH]ncc1CCCNC(=O)[C@H](C)CNC(=O)c1ccc(Cl)cc1[N+](=O)[O-]. The molecule has 1 aromatic carbocycles. The van der Waals surface area contributed by atoms with Gasteiger partial charge in [0.1, 0.15) is 5.56 Å². The first-order valence-corrected chi connectivity index (χ1v) is 9.16. The second kappa shape index (κ2) is 9.84. The van der Waals surface area contributed by atoms with Crippen molar-refractivity contribution in [2.24, 2.45) is 5.92 Å². The van der Waals surface area contributed by atoms with Crippen molar-refractivity contribution >= 4 is 29.1 Å². The molecule has 0 bridgehead atoms. The van der Waals surface area contributed by atoms with Crippen molar-refractivity contribution in [3.63, 3.8) is 0 Å². The molecule has 9 nitrogen and oxygen atoms in total. The quantitative estimate of drug-likeness (QED) is 0.334. The Hall–Kier alpha value is -2.94. The van der Waals surface area contributed by atoms with Crippen molar-refractivity contribution in [3.8, 4) is 0 Å². The van der Waals surface area contributed by atoms with Crippen LogP contribution in [0.5, 0.6) is 0 Å². The van der Waals surface area contributed by atoms with Gasteiger partial charge in [0, 0.05) is 29.9 Å². The van der Waals surface area contributed by atoms with Crippen LogP contribution in [0.3, 0.4) is 0 Å². The topological polar surface area (TPSA) is 130 Å². The second-order valence-corrected chi connectivity index (χ2v) is 6.88. The maximum Gasteiger partial charge on any atom is 0.283 e. The monoisotopic (exact) mass is 407 g/mol. The molecule has 10 heteroatoms. The van der Waals surface area contributed by atoms with Gasteiger partial charge in [-0.05, 0) is 37.5 Å². The molecule has 2 aromatic rings. The summed E-state index contributed by atoms with van der Waals surface area (Å²) in [7, 11) is 0. The van der Waals surface area contributed by atoms with E-state index < -0.39 is 16.7 Å². The number of rotatable bonds is 9. The van der Waals surface area contributed by atoms with Crippen molar-refractivity contribution in [1.82, 2.24) is 20.8 Å². The number of nitrogens with one attached hydrogen (secondary N) is 3. The summed E-state index contributed by atoms with van der Waals surface area (Å²) in [5.74, 6) is -1.31. The van der Waals surface area contributed by atoms with Crippen molar-refractivity contribution in [2.75, 3.05) is 13.1 Å². The van der Waals surface area contributed by atoms with Crippen molar-refractivity contribution < 1.29 is 14.5 Å². The van der Waals surface area contributed by atoms with E-state index in [9.17, 15) is 19.7 Å². The van der Waals surface area contributed by atoms with E-state index in [1.54, 1.807) is 13.1 Å². The highest BCUT2D eigenvalue weighted by Crippen LogP contribution is 2.23. The summed E-state index contributed by atoms with van der Waals surface area (Å²) in [6.45, 7) is 4.18. The molecule has 1 heterocycles. The average molecular weight is 408 g/mol. The van der Waals surface area contributed by atoms with Gasteiger partial charge in [-0.25, -0.2) is 0 Å². The van der Waals surface area contributed by atoms with Crippen LogP contribution in [0.4, 0.5) is 5.69 Å². The number of carbonyl (C=O) groups is 2. The number of nitrogens with zero attached hydrogens (tertiary/aromatic N) is 2. The zero-order valence-corrected chi connectivity index (χ0v) is 16.4. The van der Waals surface area contributed by atoms with Gasteiger partial charge in [-0.1, -0.05) is 18.5 Å². The lowest BCUT2D eigenvalue weighted by Gasteiger charge is -2.13. The van der Waals surface area contributed by atoms with Crippen LogP contribution < -0.4 is 10.6 Å². The summed E-state index contributed by atoms with van der Waals surface area (Å²) in [6.07, 6.45) is 3.33. The van der Waals surface area contributed by atoms with E-state index in [4.69, 9.17) is 11.6 Å². The molecule has 0 saturated heterocycles. The van der Waals surface area contributed by atoms with Crippen LogP contribution in [0, 0.1) is 23.0 Å². The van der Waals surface area contributed by atoms with Gasteiger partial charge in [-0.3, -0.25) is 24.8 Å². The van der Waals surface area contributed by atoms with E-state index in [-0.39, 0.29) is 28.7 Å². The second-order valence-electron chi connectivity index (χ2n) is 6.44.